The van der Waals surface area contributed by atoms with Crippen LogP contribution in [0, 0.1) is 0 Å². The first-order valence-electron chi connectivity index (χ1n) is 8.13. The number of piperidine rings is 1. The quantitative estimate of drug-likeness (QED) is 0.677. The normalized spacial score (nSPS) is 15.2. The maximum absolute atomic E-state index is 11.7. The van der Waals surface area contributed by atoms with Crippen LogP contribution in [0.15, 0.2) is 24.3 Å². The van der Waals surface area contributed by atoms with Gasteiger partial charge in [-0.2, -0.15) is 0 Å². The summed E-state index contributed by atoms with van der Waals surface area (Å²) in [4.78, 5) is 14.1. The zero-order valence-corrected chi connectivity index (χ0v) is 15.6. The fourth-order valence-corrected chi connectivity index (χ4v) is 2.75. The van der Waals surface area contributed by atoms with E-state index in [-0.39, 0.29) is 36.8 Å². The molecule has 0 spiro atoms. The predicted molar refractivity (Wildman–Crippen MR) is 102 cm³/mol. The van der Waals surface area contributed by atoms with Gasteiger partial charge in [0.2, 0.25) is 5.91 Å². The molecular formula is C17H29Cl2N3O2. The second kappa shape index (κ2) is 12.5. The van der Waals surface area contributed by atoms with Crippen molar-refractivity contribution in [1.29, 1.82) is 0 Å². The Balaban J connectivity index is 0.00000264. The van der Waals surface area contributed by atoms with Gasteiger partial charge < -0.3 is 16.2 Å². The van der Waals surface area contributed by atoms with Crippen molar-refractivity contribution in [3.05, 3.63) is 35.4 Å². The van der Waals surface area contributed by atoms with Crippen molar-refractivity contribution < 1.29 is 9.90 Å². The number of benzene rings is 1. The first kappa shape index (κ1) is 23.1. The predicted octanol–water partition coefficient (Wildman–Crippen LogP) is 1.84. The van der Waals surface area contributed by atoms with Crippen LogP contribution in [0.4, 0.5) is 0 Å². The Labute approximate surface area is 156 Å². The van der Waals surface area contributed by atoms with Crippen molar-refractivity contribution in [2.24, 2.45) is 5.73 Å². The highest BCUT2D eigenvalue weighted by atomic mass is 35.5. The molecule has 0 radical (unpaired) electrons. The number of nitrogens with two attached hydrogens (primary N) is 1. The topological polar surface area (TPSA) is 78.6 Å². The Morgan fingerprint density at radius 1 is 1.21 bits per heavy atom. The summed E-state index contributed by atoms with van der Waals surface area (Å²) in [5.41, 5.74) is 7.83. The van der Waals surface area contributed by atoms with Gasteiger partial charge in [0.1, 0.15) is 0 Å². The fraction of sp³-hybridized carbons (Fsp3) is 0.588. The van der Waals surface area contributed by atoms with E-state index in [9.17, 15) is 9.90 Å². The lowest BCUT2D eigenvalue weighted by Crippen LogP contribution is -2.35. The van der Waals surface area contributed by atoms with Crippen LogP contribution in [0.5, 0.6) is 0 Å². The molecule has 1 aromatic rings. The number of carbonyl (C=O) groups excluding carboxylic acids is 1. The molecular weight excluding hydrogens is 349 g/mol. The van der Waals surface area contributed by atoms with Gasteiger partial charge in [0.15, 0.2) is 0 Å². The average Bonchev–Trinajstić information content (AvgIpc) is 2.54. The fourth-order valence-electron chi connectivity index (χ4n) is 2.75. The molecule has 0 bridgehead atoms. The lowest BCUT2D eigenvalue weighted by Gasteiger charge is -2.30. The number of hydrogen-bond donors (Lipinski definition) is 3. The summed E-state index contributed by atoms with van der Waals surface area (Å²) >= 11 is 0. The zero-order chi connectivity index (χ0) is 15.8. The van der Waals surface area contributed by atoms with Crippen molar-refractivity contribution >= 4 is 30.7 Å². The Kier molecular flexibility index (Phi) is 12.1. The van der Waals surface area contributed by atoms with Gasteiger partial charge in [0.25, 0.3) is 0 Å². The van der Waals surface area contributed by atoms with Gasteiger partial charge in [-0.25, -0.2) is 0 Å². The number of amides is 1. The number of nitrogens with one attached hydrogen (secondary N) is 1. The second-order valence-electron chi connectivity index (χ2n) is 5.94. The van der Waals surface area contributed by atoms with Gasteiger partial charge in [0.05, 0.1) is 6.10 Å². The summed E-state index contributed by atoms with van der Waals surface area (Å²) in [7, 11) is 0. The van der Waals surface area contributed by atoms with Gasteiger partial charge in [-0.05, 0) is 36.9 Å². The molecule has 0 aliphatic carbocycles. The Morgan fingerprint density at radius 2 is 1.83 bits per heavy atom. The van der Waals surface area contributed by atoms with Crippen LogP contribution in [0.1, 0.15) is 36.8 Å². The van der Waals surface area contributed by atoms with E-state index in [2.05, 4.69) is 22.3 Å². The molecule has 24 heavy (non-hydrogen) atoms. The van der Waals surface area contributed by atoms with Crippen LogP contribution in [-0.2, 0) is 17.9 Å². The third kappa shape index (κ3) is 7.81. The third-order valence-electron chi connectivity index (χ3n) is 4.15. The molecule has 0 aromatic heterocycles. The molecule has 7 heteroatoms. The number of aliphatic hydroxyl groups is 1. The summed E-state index contributed by atoms with van der Waals surface area (Å²) in [5, 5.41) is 12.5. The van der Waals surface area contributed by atoms with E-state index < -0.39 is 0 Å². The molecule has 1 saturated heterocycles. The zero-order valence-electron chi connectivity index (χ0n) is 13.9. The van der Waals surface area contributed by atoms with Gasteiger partial charge in [-0.1, -0.05) is 24.3 Å². The highest BCUT2D eigenvalue weighted by Crippen LogP contribution is 2.16. The van der Waals surface area contributed by atoms with Crippen LogP contribution in [0.3, 0.4) is 0 Å². The largest absolute Gasteiger partial charge is 0.393 e. The Hall–Kier alpha value is -0.850. The van der Waals surface area contributed by atoms with E-state index in [4.69, 9.17) is 5.73 Å². The number of aliphatic hydroxyl groups excluding tert-OH is 1. The molecule has 138 valence electrons. The van der Waals surface area contributed by atoms with Gasteiger partial charge in [0, 0.05) is 32.6 Å². The lowest BCUT2D eigenvalue weighted by atomic mass is 10.0. The first-order chi connectivity index (χ1) is 10.7. The standard InChI is InChI=1S/C17H27N3O2.2ClH/c18-9-3-6-17(22)19-12-14-4-1-2-5-15(14)13-20-10-7-16(21)8-11-20;;/h1-2,4-5,16,21H,3,6-13,18H2,(H,19,22);2*1H. The van der Waals surface area contributed by atoms with Crippen molar-refractivity contribution in [3.8, 4) is 0 Å². The molecule has 1 aromatic carbocycles. The van der Waals surface area contributed by atoms with Crippen LogP contribution in [0.2, 0.25) is 0 Å². The number of carbonyl (C=O) groups is 1. The summed E-state index contributed by atoms with van der Waals surface area (Å²) in [6.45, 7) is 3.85. The van der Waals surface area contributed by atoms with E-state index in [1.165, 1.54) is 5.56 Å². The Bertz CT molecular complexity index is 481. The highest BCUT2D eigenvalue weighted by molar-refractivity contribution is 5.85. The van der Waals surface area contributed by atoms with E-state index in [1.807, 2.05) is 12.1 Å². The van der Waals surface area contributed by atoms with Crippen LogP contribution in [-0.4, -0.2) is 41.7 Å². The van der Waals surface area contributed by atoms with Crippen molar-refractivity contribution in [3.63, 3.8) is 0 Å². The van der Waals surface area contributed by atoms with E-state index in [0.29, 0.717) is 19.5 Å². The molecule has 0 unspecified atom stereocenters. The maximum atomic E-state index is 11.7. The van der Waals surface area contributed by atoms with Crippen molar-refractivity contribution in [2.75, 3.05) is 19.6 Å². The minimum absolute atomic E-state index is 0. The molecule has 1 heterocycles. The monoisotopic (exact) mass is 377 g/mol. The molecule has 1 aliphatic rings. The van der Waals surface area contributed by atoms with E-state index in [0.717, 1.165) is 44.5 Å². The molecule has 5 nitrogen and oxygen atoms in total. The summed E-state index contributed by atoms with van der Waals surface area (Å²) in [6, 6.07) is 8.22. The SMILES string of the molecule is Cl.Cl.NCCCC(=O)NCc1ccccc1CN1CCC(O)CC1. The number of hydrogen-bond acceptors (Lipinski definition) is 4. The summed E-state index contributed by atoms with van der Waals surface area (Å²) in [6.07, 6.45) is 2.76. The Morgan fingerprint density at radius 3 is 2.46 bits per heavy atom. The number of halogens is 2. The molecule has 2 rings (SSSR count). The third-order valence-corrected chi connectivity index (χ3v) is 4.15. The van der Waals surface area contributed by atoms with E-state index in [1.54, 1.807) is 0 Å². The first-order valence-corrected chi connectivity index (χ1v) is 8.13. The molecule has 1 amide bonds. The highest BCUT2D eigenvalue weighted by Gasteiger charge is 2.17. The number of rotatable bonds is 7. The van der Waals surface area contributed by atoms with Crippen molar-refractivity contribution in [1.82, 2.24) is 10.2 Å². The molecule has 1 fully saturated rings. The van der Waals surface area contributed by atoms with Crippen LogP contribution >= 0.6 is 24.8 Å². The summed E-state index contributed by atoms with van der Waals surface area (Å²) < 4.78 is 0. The molecule has 0 atom stereocenters. The molecule has 0 saturated carbocycles. The molecule has 1 aliphatic heterocycles. The molecule has 4 N–H and O–H groups in total. The minimum atomic E-state index is -0.145. The van der Waals surface area contributed by atoms with Gasteiger partial charge in [-0.15, -0.1) is 24.8 Å². The average molecular weight is 378 g/mol. The second-order valence-corrected chi connectivity index (χ2v) is 5.94. The van der Waals surface area contributed by atoms with E-state index >= 15 is 0 Å². The van der Waals surface area contributed by atoms with Gasteiger partial charge in [-0.3, -0.25) is 9.69 Å². The van der Waals surface area contributed by atoms with Gasteiger partial charge >= 0.3 is 0 Å². The lowest BCUT2D eigenvalue weighted by molar-refractivity contribution is -0.121. The smallest absolute Gasteiger partial charge is 0.220 e. The van der Waals surface area contributed by atoms with Crippen LogP contribution < -0.4 is 11.1 Å². The minimum Gasteiger partial charge on any atom is -0.393 e. The maximum Gasteiger partial charge on any atom is 0.220 e. The number of nitrogens with zero attached hydrogens (tertiary/aromatic N) is 1. The summed E-state index contributed by atoms with van der Waals surface area (Å²) in [5.74, 6) is 0.0568. The number of likely N-dealkylation sites (tertiary alicyclic amines) is 1. The van der Waals surface area contributed by atoms with Crippen LogP contribution in [0.25, 0.3) is 0 Å². The van der Waals surface area contributed by atoms with Crippen molar-refractivity contribution in [2.45, 2.75) is 44.9 Å².